The number of hydrogen-bond acceptors (Lipinski definition) is 4. The third-order valence-electron chi connectivity index (χ3n) is 3.36. The number of aliphatic carboxylic acids is 1. The van der Waals surface area contributed by atoms with Gasteiger partial charge in [0.05, 0.1) is 12.1 Å². The van der Waals surface area contributed by atoms with Crippen molar-refractivity contribution in [2.75, 3.05) is 5.32 Å². The second kappa shape index (κ2) is 5.05. The minimum Gasteiger partial charge on any atom is -0.481 e. The molecule has 94 valence electrons. The summed E-state index contributed by atoms with van der Waals surface area (Å²) in [7, 11) is 0. The van der Waals surface area contributed by atoms with E-state index in [1.807, 2.05) is 6.07 Å². The van der Waals surface area contributed by atoms with E-state index in [0.29, 0.717) is 11.4 Å². The zero-order valence-corrected chi connectivity index (χ0v) is 10.0. The minimum atomic E-state index is -0.813. The highest BCUT2D eigenvalue weighted by Gasteiger charge is 2.36. The maximum atomic E-state index is 11.0. The van der Waals surface area contributed by atoms with Crippen LogP contribution in [0.3, 0.4) is 0 Å². The van der Waals surface area contributed by atoms with Crippen LogP contribution in [0.1, 0.15) is 37.8 Å². The average molecular weight is 245 g/mol. The van der Waals surface area contributed by atoms with Gasteiger partial charge in [-0.1, -0.05) is 12.8 Å². The molecule has 1 saturated carbocycles. The van der Waals surface area contributed by atoms with Gasteiger partial charge in [-0.25, -0.2) is 4.98 Å². The van der Waals surface area contributed by atoms with Crippen molar-refractivity contribution in [2.24, 2.45) is 0 Å². The van der Waals surface area contributed by atoms with Crippen molar-refractivity contribution in [2.45, 2.75) is 37.6 Å². The Morgan fingerprint density at radius 1 is 1.56 bits per heavy atom. The predicted molar refractivity (Wildman–Crippen MR) is 66.0 cm³/mol. The molecule has 18 heavy (non-hydrogen) atoms. The number of aromatic nitrogens is 1. The summed E-state index contributed by atoms with van der Waals surface area (Å²) < 4.78 is 0. The number of carboxylic acids is 1. The Balaban J connectivity index is 2.24. The second-order valence-corrected chi connectivity index (χ2v) is 4.69. The Hall–Kier alpha value is -2.09. The molecule has 1 aromatic rings. The van der Waals surface area contributed by atoms with Gasteiger partial charge in [0.25, 0.3) is 0 Å². The topological polar surface area (TPSA) is 86.0 Å². The van der Waals surface area contributed by atoms with Crippen LogP contribution in [0.15, 0.2) is 18.3 Å². The number of rotatable bonds is 4. The Kier molecular flexibility index (Phi) is 3.47. The molecule has 2 N–H and O–H groups in total. The van der Waals surface area contributed by atoms with Crippen molar-refractivity contribution < 1.29 is 9.90 Å². The predicted octanol–water partition coefficient (Wildman–Crippen LogP) is 2.15. The lowest BCUT2D eigenvalue weighted by molar-refractivity contribution is -0.138. The smallest absolute Gasteiger partial charge is 0.305 e. The summed E-state index contributed by atoms with van der Waals surface area (Å²) >= 11 is 0. The summed E-state index contributed by atoms with van der Waals surface area (Å²) in [6.07, 6.45) is 5.30. The van der Waals surface area contributed by atoms with Crippen LogP contribution in [0.5, 0.6) is 0 Å². The Labute approximate surface area is 105 Å². The third kappa shape index (κ3) is 2.59. The second-order valence-electron chi connectivity index (χ2n) is 4.69. The van der Waals surface area contributed by atoms with Gasteiger partial charge in [0.1, 0.15) is 6.07 Å². The number of nitrogens with zero attached hydrogens (tertiary/aromatic N) is 2. The number of nitriles is 1. The van der Waals surface area contributed by atoms with E-state index in [9.17, 15) is 4.79 Å². The molecule has 5 heteroatoms. The van der Waals surface area contributed by atoms with Crippen LogP contribution in [0, 0.1) is 11.3 Å². The Bertz CT molecular complexity index is 487. The molecular formula is C13H15N3O2. The quantitative estimate of drug-likeness (QED) is 0.848. The molecule has 1 aliphatic rings. The maximum Gasteiger partial charge on any atom is 0.305 e. The number of pyridine rings is 1. The van der Waals surface area contributed by atoms with Gasteiger partial charge in [0.15, 0.2) is 5.69 Å². The number of nitrogens with one attached hydrogen (secondary N) is 1. The van der Waals surface area contributed by atoms with Crippen molar-refractivity contribution >= 4 is 11.7 Å². The van der Waals surface area contributed by atoms with E-state index in [2.05, 4.69) is 10.3 Å². The number of anilines is 1. The minimum absolute atomic E-state index is 0.0762. The van der Waals surface area contributed by atoms with Crippen LogP contribution >= 0.6 is 0 Å². The molecule has 5 nitrogen and oxygen atoms in total. The number of carbonyl (C=O) groups is 1. The van der Waals surface area contributed by atoms with Crippen molar-refractivity contribution in [1.82, 2.24) is 4.98 Å². The van der Waals surface area contributed by atoms with Crippen LogP contribution in [0.2, 0.25) is 0 Å². The van der Waals surface area contributed by atoms with Gasteiger partial charge in [-0.05, 0) is 25.0 Å². The molecule has 1 heterocycles. The molecule has 0 unspecified atom stereocenters. The van der Waals surface area contributed by atoms with Gasteiger partial charge in [-0.3, -0.25) is 4.79 Å². The van der Waals surface area contributed by atoms with Crippen LogP contribution in [-0.2, 0) is 4.79 Å². The SMILES string of the molecule is N#Cc1ncccc1NC1(CC(=O)O)CCCC1. The molecule has 1 fully saturated rings. The third-order valence-corrected chi connectivity index (χ3v) is 3.36. The molecule has 0 radical (unpaired) electrons. The van der Waals surface area contributed by atoms with Crippen molar-refractivity contribution in [3.63, 3.8) is 0 Å². The fourth-order valence-corrected chi connectivity index (χ4v) is 2.57. The van der Waals surface area contributed by atoms with E-state index in [1.165, 1.54) is 0 Å². The highest BCUT2D eigenvalue weighted by Crippen LogP contribution is 2.36. The van der Waals surface area contributed by atoms with Crippen LogP contribution in [0.4, 0.5) is 5.69 Å². The van der Waals surface area contributed by atoms with E-state index >= 15 is 0 Å². The molecule has 0 aromatic carbocycles. The maximum absolute atomic E-state index is 11.0. The Morgan fingerprint density at radius 3 is 2.89 bits per heavy atom. The van der Waals surface area contributed by atoms with Crippen LogP contribution in [0.25, 0.3) is 0 Å². The summed E-state index contributed by atoms with van der Waals surface area (Å²) in [5.41, 5.74) is 0.512. The standard InChI is InChI=1S/C13H15N3O2/c14-9-11-10(4-3-7-15-11)16-13(8-12(17)18)5-1-2-6-13/h3-4,7,16H,1-2,5-6,8H2,(H,17,18). The first-order valence-electron chi connectivity index (χ1n) is 6.00. The van der Waals surface area contributed by atoms with E-state index in [0.717, 1.165) is 25.7 Å². The molecule has 0 amide bonds. The molecule has 0 spiro atoms. The summed E-state index contributed by atoms with van der Waals surface area (Å²) in [5, 5.41) is 21.3. The highest BCUT2D eigenvalue weighted by atomic mass is 16.4. The Morgan fingerprint density at radius 2 is 2.28 bits per heavy atom. The molecule has 1 aliphatic carbocycles. The lowest BCUT2D eigenvalue weighted by atomic mass is 9.92. The van der Waals surface area contributed by atoms with E-state index in [1.54, 1.807) is 18.3 Å². The fourth-order valence-electron chi connectivity index (χ4n) is 2.57. The average Bonchev–Trinajstić information content (AvgIpc) is 2.77. The molecule has 1 aromatic heterocycles. The van der Waals surface area contributed by atoms with Gasteiger partial charge in [0, 0.05) is 11.7 Å². The summed E-state index contributed by atoms with van der Waals surface area (Å²) in [5.74, 6) is -0.813. The van der Waals surface area contributed by atoms with Gasteiger partial charge < -0.3 is 10.4 Å². The monoisotopic (exact) mass is 245 g/mol. The lowest BCUT2D eigenvalue weighted by Gasteiger charge is -2.30. The van der Waals surface area contributed by atoms with E-state index < -0.39 is 11.5 Å². The van der Waals surface area contributed by atoms with Gasteiger partial charge in [0.2, 0.25) is 0 Å². The first kappa shape index (κ1) is 12.4. The molecule has 2 rings (SSSR count). The molecular weight excluding hydrogens is 230 g/mol. The highest BCUT2D eigenvalue weighted by molar-refractivity contribution is 5.70. The summed E-state index contributed by atoms with van der Waals surface area (Å²) in [4.78, 5) is 15.0. The van der Waals surface area contributed by atoms with Gasteiger partial charge in [-0.15, -0.1) is 0 Å². The summed E-state index contributed by atoms with van der Waals surface area (Å²) in [6, 6.07) is 5.53. The molecule has 0 bridgehead atoms. The van der Waals surface area contributed by atoms with Gasteiger partial charge in [-0.2, -0.15) is 5.26 Å². The largest absolute Gasteiger partial charge is 0.481 e. The molecule has 0 saturated heterocycles. The summed E-state index contributed by atoms with van der Waals surface area (Å²) in [6.45, 7) is 0. The number of carboxylic acid groups (broad SMARTS) is 1. The van der Waals surface area contributed by atoms with Crippen LogP contribution in [-0.4, -0.2) is 21.6 Å². The van der Waals surface area contributed by atoms with E-state index in [4.69, 9.17) is 10.4 Å². The normalized spacial score (nSPS) is 17.1. The van der Waals surface area contributed by atoms with Crippen molar-refractivity contribution in [3.8, 4) is 6.07 Å². The lowest BCUT2D eigenvalue weighted by Crippen LogP contribution is -2.37. The first-order valence-corrected chi connectivity index (χ1v) is 6.00. The van der Waals surface area contributed by atoms with Crippen molar-refractivity contribution in [1.29, 1.82) is 5.26 Å². The molecule has 0 aliphatic heterocycles. The van der Waals surface area contributed by atoms with Crippen molar-refractivity contribution in [3.05, 3.63) is 24.0 Å². The van der Waals surface area contributed by atoms with Gasteiger partial charge >= 0.3 is 5.97 Å². The zero-order valence-electron chi connectivity index (χ0n) is 10.0. The van der Waals surface area contributed by atoms with Crippen LogP contribution < -0.4 is 5.32 Å². The van der Waals surface area contributed by atoms with E-state index in [-0.39, 0.29) is 6.42 Å². The fraction of sp³-hybridized carbons (Fsp3) is 0.462. The first-order chi connectivity index (χ1) is 8.65. The molecule has 0 atom stereocenters. The number of hydrogen-bond donors (Lipinski definition) is 2. The zero-order chi connectivity index (χ0) is 13.0.